The monoisotopic (exact) mass is 399 g/mol. The molecule has 1 saturated carbocycles. The lowest BCUT2D eigenvalue weighted by Crippen LogP contribution is -2.41. The number of ether oxygens (including phenoxy) is 1. The molecular formula is C19H27BrFNO2. The molecule has 0 amide bonds. The van der Waals surface area contributed by atoms with Gasteiger partial charge in [0, 0.05) is 11.0 Å². The molecule has 0 unspecified atom stereocenters. The third-order valence-electron chi connectivity index (χ3n) is 4.37. The Morgan fingerprint density at radius 1 is 1.38 bits per heavy atom. The van der Waals surface area contributed by atoms with Gasteiger partial charge in [-0.15, -0.1) is 0 Å². The molecule has 1 aromatic carbocycles. The van der Waals surface area contributed by atoms with Gasteiger partial charge in [-0.05, 0) is 68.2 Å². The van der Waals surface area contributed by atoms with Gasteiger partial charge >= 0.3 is 5.97 Å². The van der Waals surface area contributed by atoms with Crippen LogP contribution in [0.1, 0.15) is 51.5 Å². The van der Waals surface area contributed by atoms with Gasteiger partial charge in [-0.2, -0.15) is 0 Å². The maximum atomic E-state index is 13.8. The average Bonchev–Trinajstić information content (AvgIpc) is 3.02. The zero-order valence-corrected chi connectivity index (χ0v) is 16.1. The minimum Gasteiger partial charge on any atom is -0.461 e. The highest BCUT2D eigenvalue weighted by molar-refractivity contribution is 9.10. The second kappa shape index (κ2) is 9.52. The summed E-state index contributed by atoms with van der Waals surface area (Å²) in [7, 11) is 0. The van der Waals surface area contributed by atoms with E-state index in [0.29, 0.717) is 24.4 Å². The van der Waals surface area contributed by atoms with Crippen LogP contribution >= 0.6 is 15.9 Å². The minimum atomic E-state index is -0.319. The van der Waals surface area contributed by atoms with Crippen molar-refractivity contribution in [2.45, 2.75) is 64.5 Å². The number of halogens is 2. The molecule has 3 nitrogen and oxygen atoms in total. The summed E-state index contributed by atoms with van der Waals surface area (Å²) in [6.45, 7) is 4.72. The van der Waals surface area contributed by atoms with Gasteiger partial charge in [-0.1, -0.05) is 29.8 Å². The molecule has 0 radical (unpaired) electrons. The molecule has 0 saturated heterocycles. The second-order valence-corrected chi connectivity index (χ2v) is 7.88. The molecule has 0 heterocycles. The van der Waals surface area contributed by atoms with Crippen molar-refractivity contribution in [3.05, 3.63) is 34.1 Å². The van der Waals surface area contributed by atoms with Crippen LogP contribution in [0.2, 0.25) is 0 Å². The zero-order chi connectivity index (χ0) is 17.5. The van der Waals surface area contributed by atoms with Crippen molar-refractivity contribution >= 4 is 21.9 Å². The SMILES string of the molecule is CC(C)C[C@H](NCCc1cc(Br)ccc1F)C(=O)OC1CCCC1. The lowest BCUT2D eigenvalue weighted by molar-refractivity contribution is -0.151. The number of carbonyl (C=O) groups is 1. The first kappa shape index (κ1) is 19.4. The molecule has 0 spiro atoms. The molecule has 5 heteroatoms. The topological polar surface area (TPSA) is 38.3 Å². The van der Waals surface area contributed by atoms with E-state index in [4.69, 9.17) is 4.74 Å². The first-order valence-corrected chi connectivity index (χ1v) is 9.63. The molecular weight excluding hydrogens is 373 g/mol. The molecule has 1 aliphatic rings. The van der Waals surface area contributed by atoms with Crippen LogP contribution < -0.4 is 5.32 Å². The average molecular weight is 400 g/mol. The largest absolute Gasteiger partial charge is 0.461 e. The fourth-order valence-electron chi connectivity index (χ4n) is 3.10. The molecule has 134 valence electrons. The van der Waals surface area contributed by atoms with E-state index < -0.39 is 0 Å². The molecule has 24 heavy (non-hydrogen) atoms. The van der Waals surface area contributed by atoms with Gasteiger partial charge in [0.1, 0.15) is 18.0 Å². The van der Waals surface area contributed by atoms with Crippen molar-refractivity contribution < 1.29 is 13.9 Å². The molecule has 1 N–H and O–H groups in total. The maximum Gasteiger partial charge on any atom is 0.323 e. The quantitative estimate of drug-likeness (QED) is 0.648. The van der Waals surface area contributed by atoms with Crippen molar-refractivity contribution in [1.82, 2.24) is 5.32 Å². The van der Waals surface area contributed by atoms with E-state index >= 15 is 0 Å². The Labute approximate surface area is 152 Å². The molecule has 1 atom stereocenters. The van der Waals surface area contributed by atoms with Gasteiger partial charge in [0.25, 0.3) is 0 Å². The summed E-state index contributed by atoms with van der Waals surface area (Å²) in [5.74, 6) is 0.0143. The van der Waals surface area contributed by atoms with E-state index in [1.54, 1.807) is 12.1 Å². The fourth-order valence-corrected chi connectivity index (χ4v) is 3.51. The van der Waals surface area contributed by atoms with Crippen molar-refractivity contribution in [1.29, 1.82) is 0 Å². The molecule has 1 fully saturated rings. The summed E-state index contributed by atoms with van der Waals surface area (Å²) in [5.41, 5.74) is 0.643. The minimum absolute atomic E-state index is 0.0801. The highest BCUT2D eigenvalue weighted by Gasteiger charge is 2.25. The van der Waals surface area contributed by atoms with Crippen LogP contribution in [0.4, 0.5) is 4.39 Å². The third kappa shape index (κ3) is 6.17. The first-order chi connectivity index (χ1) is 11.5. The van der Waals surface area contributed by atoms with Crippen LogP contribution in [0.25, 0.3) is 0 Å². The molecule has 2 rings (SSSR count). The maximum absolute atomic E-state index is 13.8. The Kier molecular flexibility index (Phi) is 7.69. The van der Waals surface area contributed by atoms with Gasteiger partial charge < -0.3 is 10.1 Å². The van der Waals surface area contributed by atoms with Gasteiger partial charge in [0.05, 0.1) is 0 Å². The highest BCUT2D eigenvalue weighted by atomic mass is 79.9. The van der Waals surface area contributed by atoms with Crippen molar-refractivity contribution in [2.24, 2.45) is 5.92 Å². The Morgan fingerprint density at radius 2 is 2.08 bits per heavy atom. The van der Waals surface area contributed by atoms with Crippen LogP contribution in [0, 0.1) is 11.7 Å². The highest BCUT2D eigenvalue weighted by Crippen LogP contribution is 2.22. The standard InChI is InChI=1S/C19H27BrFNO2/c1-13(2)11-18(19(23)24-16-5-3-4-6-16)22-10-9-14-12-15(20)7-8-17(14)21/h7-8,12-13,16,18,22H,3-6,9-11H2,1-2H3/t18-/m0/s1. The van der Waals surface area contributed by atoms with Crippen LogP contribution in [0.5, 0.6) is 0 Å². The van der Waals surface area contributed by atoms with Crippen molar-refractivity contribution in [3.63, 3.8) is 0 Å². The molecule has 0 bridgehead atoms. The molecule has 1 aliphatic carbocycles. The predicted molar refractivity (Wildman–Crippen MR) is 97.4 cm³/mol. The Bertz CT molecular complexity index is 544. The molecule has 0 aliphatic heterocycles. The number of carbonyl (C=O) groups excluding carboxylic acids is 1. The van der Waals surface area contributed by atoms with Crippen molar-refractivity contribution in [3.8, 4) is 0 Å². The summed E-state index contributed by atoms with van der Waals surface area (Å²) in [4.78, 5) is 12.4. The summed E-state index contributed by atoms with van der Waals surface area (Å²) in [5, 5.41) is 3.26. The van der Waals surface area contributed by atoms with Gasteiger partial charge in [-0.3, -0.25) is 4.79 Å². The van der Waals surface area contributed by atoms with Crippen LogP contribution in [0.3, 0.4) is 0 Å². The van der Waals surface area contributed by atoms with Gasteiger partial charge in [-0.25, -0.2) is 4.39 Å². The van der Waals surface area contributed by atoms with E-state index in [0.717, 1.165) is 36.6 Å². The van der Waals surface area contributed by atoms with Crippen LogP contribution in [-0.4, -0.2) is 24.7 Å². The lowest BCUT2D eigenvalue weighted by atomic mass is 10.0. The van der Waals surface area contributed by atoms with Gasteiger partial charge in [0.15, 0.2) is 0 Å². The van der Waals surface area contributed by atoms with E-state index in [1.807, 2.05) is 0 Å². The molecule has 0 aromatic heterocycles. The number of hydrogen-bond acceptors (Lipinski definition) is 3. The number of hydrogen-bond donors (Lipinski definition) is 1. The zero-order valence-electron chi connectivity index (χ0n) is 14.5. The van der Waals surface area contributed by atoms with E-state index in [1.165, 1.54) is 6.07 Å². The Hall–Kier alpha value is -0.940. The number of rotatable bonds is 8. The van der Waals surface area contributed by atoms with E-state index in [-0.39, 0.29) is 23.9 Å². The fraction of sp³-hybridized carbons (Fsp3) is 0.632. The predicted octanol–water partition coefficient (Wildman–Crippen LogP) is 4.62. The van der Waals surface area contributed by atoms with Crippen LogP contribution in [0.15, 0.2) is 22.7 Å². The normalized spacial score (nSPS) is 16.5. The number of esters is 1. The summed E-state index contributed by atoms with van der Waals surface area (Å²) in [6.07, 6.45) is 5.58. The lowest BCUT2D eigenvalue weighted by Gasteiger charge is -2.21. The number of nitrogens with one attached hydrogen (secondary N) is 1. The first-order valence-electron chi connectivity index (χ1n) is 8.83. The summed E-state index contributed by atoms with van der Waals surface area (Å²) >= 11 is 3.36. The van der Waals surface area contributed by atoms with E-state index in [2.05, 4.69) is 35.1 Å². The third-order valence-corrected chi connectivity index (χ3v) is 4.86. The van der Waals surface area contributed by atoms with Crippen LogP contribution in [-0.2, 0) is 16.0 Å². The summed E-state index contributed by atoms with van der Waals surface area (Å²) < 4.78 is 20.3. The molecule has 1 aromatic rings. The van der Waals surface area contributed by atoms with E-state index in [9.17, 15) is 9.18 Å². The Balaban J connectivity index is 1.88. The van der Waals surface area contributed by atoms with Crippen molar-refractivity contribution in [2.75, 3.05) is 6.54 Å². The smallest absolute Gasteiger partial charge is 0.323 e. The Morgan fingerprint density at radius 3 is 2.75 bits per heavy atom. The summed E-state index contributed by atoms with van der Waals surface area (Å²) in [6, 6.07) is 4.61. The van der Waals surface area contributed by atoms with Gasteiger partial charge in [0.2, 0.25) is 0 Å². The second-order valence-electron chi connectivity index (χ2n) is 6.97. The number of benzene rings is 1.